The van der Waals surface area contributed by atoms with E-state index in [0.717, 1.165) is 4.90 Å². The fourth-order valence-corrected chi connectivity index (χ4v) is 5.75. The predicted octanol–water partition coefficient (Wildman–Crippen LogP) is 4.47. The highest BCUT2D eigenvalue weighted by Gasteiger charge is 2.68. The molecule has 3 atom stereocenters. The van der Waals surface area contributed by atoms with Crippen LogP contribution in [-0.4, -0.2) is 30.9 Å². The zero-order chi connectivity index (χ0) is 25.8. The lowest BCUT2D eigenvalue weighted by Crippen LogP contribution is -2.52. The van der Waals surface area contributed by atoms with Gasteiger partial charge in [-0.1, -0.05) is 47.5 Å². The van der Waals surface area contributed by atoms with E-state index < -0.39 is 52.8 Å². The highest BCUT2D eigenvalue weighted by atomic mass is 35.5. The molecule has 1 N–H and O–H groups in total. The third kappa shape index (κ3) is 3.59. The summed E-state index contributed by atoms with van der Waals surface area (Å²) >= 11 is 12.3. The Bertz CT molecular complexity index is 1340. The number of fused-ring (bicyclic) bond motifs is 1. The largest absolute Gasteiger partial charge is 0.468 e. The summed E-state index contributed by atoms with van der Waals surface area (Å²) in [4.78, 5) is 41.7. The summed E-state index contributed by atoms with van der Waals surface area (Å²) < 4.78 is 32.7. The summed E-state index contributed by atoms with van der Waals surface area (Å²) in [5, 5.41) is 3.52. The van der Waals surface area contributed by atoms with Crippen LogP contribution < -0.4 is 10.2 Å². The number of anilines is 1. The van der Waals surface area contributed by atoms with Gasteiger partial charge >= 0.3 is 5.97 Å². The lowest BCUT2D eigenvalue weighted by Gasteiger charge is -2.36. The van der Waals surface area contributed by atoms with Crippen molar-refractivity contribution < 1.29 is 27.9 Å². The van der Waals surface area contributed by atoms with Crippen molar-refractivity contribution in [3.8, 4) is 0 Å². The number of rotatable bonds is 4. The average molecular weight is 531 g/mol. The molecular weight excluding hydrogens is 513 g/mol. The van der Waals surface area contributed by atoms with Crippen LogP contribution in [0.1, 0.15) is 11.1 Å². The van der Waals surface area contributed by atoms with Crippen LogP contribution >= 0.6 is 23.2 Å². The first-order valence-corrected chi connectivity index (χ1v) is 11.6. The zero-order valence-electron chi connectivity index (χ0n) is 18.7. The summed E-state index contributed by atoms with van der Waals surface area (Å²) in [6.07, 6.45) is 0. The number of methoxy groups -OCH3 is 1. The number of halogens is 4. The van der Waals surface area contributed by atoms with E-state index in [4.69, 9.17) is 27.9 Å². The predicted molar refractivity (Wildman–Crippen MR) is 128 cm³/mol. The Morgan fingerprint density at radius 1 is 0.917 bits per heavy atom. The number of benzene rings is 3. The minimum atomic E-state index is -1.49. The smallest absolute Gasteiger partial charge is 0.323 e. The second kappa shape index (κ2) is 8.96. The topological polar surface area (TPSA) is 75.7 Å². The first-order valence-electron chi connectivity index (χ1n) is 10.9. The maximum atomic E-state index is 14.1. The van der Waals surface area contributed by atoms with E-state index in [9.17, 15) is 23.2 Å². The van der Waals surface area contributed by atoms with E-state index in [2.05, 4.69) is 5.32 Å². The van der Waals surface area contributed by atoms with Crippen LogP contribution in [0.2, 0.25) is 10.0 Å². The van der Waals surface area contributed by atoms with Crippen LogP contribution in [0.3, 0.4) is 0 Å². The molecule has 2 heterocycles. The molecule has 5 rings (SSSR count). The van der Waals surface area contributed by atoms with Crippen molar-refractivity contribution in [2.45, 2.75) is 11.6 Å². The van der Waals surface area contributed by atoms with E-state index in [1.165, 1.54) is 73.8 Å². The Kier molecular flexibility index (Phi) is 6.06. The summed E-state index contributed by atoms with van der Waals surface area (Å²) in [6.45, 7) is 0. The SMILES string of the molecule is COC(=O)[C@@H]1NC(c2ccc(F)cc2)(c2ccc(F)cc2)[C@H]2C(=O)N(c3ccc(Cl)cc3Cl)C(=O)[C@H]12. The van der Waals surface area contributed by atoms with Crippen LogP contribution in [0.4, 0.5) is 14.5 Å². The van der Waals surface area contributed by atoms with Crippen molar-refractivity contribution in [2.75, 3.05) is 12.0 Å². The van der Waals surface area contributed by atoms with Gasteiger partial charge in [0, 0.05) is 5.02 Å². The van der Waals surface area contributed by atoms with Crippen LogP contribution in [0.25, 0.3) is 0 Å². The van der Waals surface area contributed by atoms with Crippen molar-refractivity contribution in [2.24, 2.45) is 11.8 Å². The van der Waals surface area contributed by atoms with Gasteiger partial charge < -0.3 is 4.74 Å². The van der Waals surface area contributed by atoms with E-state index in [1.807, 2.05) is 0 Å². The maximum Gasteiger partial charge on any atom is 0.323 e. The molecule has 0 spiro atoms. The number of hydrogen-bond donors (Lipinski definition) is 1. The molecule has 184 valence electrons. The highest BCUT2D eigenvalue weighted by molar-refractivity contribution is 6.38. The van der Waals surface area contributed by atoms with Crippen molar-refractivity contribution in [1.82, 2.24) is 5.32 Å². The Morgan fingerprint density at radius 3 is 1.97 bits per heavy atom. The molecule has 3 aromatic rings. The van der Waals surface area contributed by atoms with Crippen molar-refractivity contribution in [3.63, 3.8) is 0 Å². The quantitative estimate of drug-likeness (QED) is 0.398. The van der Waals surface area contributed by atoms with Crippen LogP contribution in [0.5, 0.6) is 0 Å². The molecule has 6 nitrogen and oxygen atoms in total. The molecule has 2 fully saturated rings. The fraction of sp³-hybridized carbons (Fsp3) is 0.192. The number of hydrogen-bond acceptors (Lipinski definition) is 5. The molecule has 2 amide bonds. The molecular formula is C26H18Cl2F2N2O4. The van der Waals surface area contributed by atoms with Gasteiger partial charge in [-0.2, -0.15) is 0 Å². The van der Waals surface area contributed by atoms with Gasteiger partial charge in [0.1, 0.15) is 17.7 Å². The van der Waals surface area contributed by atoms with Crippen LogP contribution in [-0.2, 0) is 24.7 Å². The number of esters is 1. The van der Waals surface area contributed by atoms with E-state index in [0.29, 0.717) is 16.1 Å². The fourth-order valence-electron chi connectivity index (χ4n) is 5.26. The maximum absolute atomic E-state index is 14.1. The normalized spacial score (nSPS) is 22.6. The molecule has 3 aromatic carbocycles. The second-order valence-electron chi connectivity index (χ2n) is 8.58. The average Bonchev–Trinajstić information content (AvgIpc) is 3.34. The number of carbonyl (C=O) groups excluding carboxylic acids is 3. The number of nitrogens with one attached hydrogen (secondary N) is 1. The molecule has 0 saturated carbocycles. The molecule has 0 aliphatic carbocycles. The van der Waals surface area contributed by atoms with E-state index in [1.54, 1.807) is 0 Å². The van der Waals surface area contributed by atoms with Crippen LogP contribution in [0, 0.1) is 23.5 Å². The minimum Gasteiger partial charge on any atom is -0.468 e. The Balaban J connectivity index is 1.76. The van der Waals surface area contributed by atoms with Gasteiger partial charge in [0.05, 0.1) is 35.2 Å². The summed E-state index contributed by atoms with van der Waals surface area (Å²) in [5.74, 6) is -5.46. The zero-order valence-corrected chi connectivity index (χ0v) is 20.2. The van der Waals surface area contributed by atoms with Gasteiger partial charge in [-0.05, 0) is 53.6 Å². The molecule has 36 heavy (non-hydrogen) atoms. The minimum absolute atomic E-state index is 0.0703. The monoisotopic (exact) mass is 530 g/mol. The molecule has 2 aliphatic heterocycles. The summed E-state index contributed by atoms with van der Waals surface area (Å²) in [5.41, 5.74) is -0.573. The lowest BCUT2D eigenvalue weighted by atomic mass is 9.71. The van der Waals surface area contributed by atoms with Gasteiger partial charge in [0.2, 0.25) is 11.8 Å². The Labute approximate surface area is 214 Å². The number of amides is 2. The van der Waals surface area contributed by atoms with Crippen molar-refractivity contribution in [3.05, 3.63) is 99.5 Å². The van der Waals surface area contributed by atoms with E-state index >= 15 is 0 Å². The number of carbonyl (C=O) groups is 3. The first kappa shape index (κ1) is 24.4. The van der Waals surface area contributed by atoms with Crippen molar-refractivity contribution >= 4 is 46.7 Å². The van der Waals surface area contributed by atoms with Gasteiger partial charge in [-0.15, -0.1) is 0 Å². The molecule has 0 radical (unpaired) electrons. The third-order valence-electron chi connectivity index (χ3n) is 6.76. The number of ether oxygens (including phenoxy) is 1. The van der Waals surface area contributed by atoms with Gasteiger partial charge in [0.15, 0.2) is 0 Å². The Hall–Kier alpha value is -3.33. The number of imide groups is 1. The molecule has 0 unspecified atom stereocenters. The van der Waals surface area contributed by atoms with Gasteiger partial charge in [-0.25, -0.2) is 13.7 Å². The Morgan fingerprint density at radius 2 is 1.47 bits per heavy atom. The third-order valence-corrected chi connectivity index (χ3v) is 7.30. The number of nitrogens with zero attached hydrogens (tertiary/aromatic N) is 1. The second-order valence-corrected chi connectivity index (χ2v) is 9.42. The molecule has 2 saturated heterocycles. The summed E-state index contributed by atoms with van der Waals surface area (Å²) in [7, 11) is 1.17. The summed E-state index contributed by atoms with van der Waals surface area (Å²) in [6, 6.07) is 13.7. The van der Waals surface area contributed by atoms with Gasteiger partial charge in [-0.3, -0.25) is 19.7 Å². The standard InChI is InChI=1S/C26H18Cl2F2N2O4/c1-36-25(35)22-20-21(24(34)32(23(20)33)19-11-6-15(27)12-18(19)28)26(31-22,13-2-7-16(29)8-3-13)14-4-9-17(30)10-5-14/h2-12,20-22,31H,1H3/t20-,21+,22+/m0/s1. The molecule has 0 bridgehead atoms. The molecule has 0 aromatic heterocycles. The molecule has 2 aliphatic rings. The van der Waals surface area contributed by atoms with Gasteiger partial charge in [0.25, 0.3) is 0 Å². The first-order chi connectivity index (χ1) is 17.2. The van der Waals surface area contributed by atoms with E-state index in [-0.39, 0.29) is 10.7 Å². The molecule has 10 heteroatoms. The lowest BCUT2D eigenvalue weighted by molar-refractivity contribution is -0.145. The highest BCUT2D eigenvalue weighted by Crippen LogP contribution is 2.53. The van der Waals surface area contributed by atoms with Crippen molar-refractivity contribution in [1.29, 1.82) is 0 Å². The van der Waals surface area contributed by atoms with Crippen LogP contribution in [0.15, 0.2) is 66.7 Å².